The lowest BCUT2D eigenvalue weighted by Crippen LogP contribution is -2.33. The number of hydrogen-bond donors (Lipinski definition) is 0. The summed E-state index contributed by atoms with van der Waals surface area (Å²) in [6.45, 7) is 7.70. The van der Waals surface area contributed by atoms with Crippen LogP contribution in [0.2, 0.25) is 0 Å². The molecule has 5 heteroatoms. The van der Waals surface area contributed by atoms with Gasteiger partial charge in [-0.3, -0.25) is 4.79 Å². The summed E-state index contributed by atoms with van der Waals surface area (Å²) in [5.74, 6) is 1.51. The van der Waals surface area contributed by atoms with E-state index in [0.29, 0.717) is 11.5 Å². The number of rotatable bonds is 7. The molecule has 1 aromatic carbocycles. The molecule has 1 saturated heterocycles. The van der Waals surface area contributed by atoms with Gasteiger partial charge < -0.3 is 9.80 Å². The molecule has 0 N–H and O–H groups in total. The maximum atomic E-state index is 13.1. The number of anilines is 1. The van der Waals surface area contributed by atoms with E-state index in [2.05, 4.69) is 23.7 Å². The van der Waals surface area contributed by atoms with E-state index in [0.717, 1.165) is 50.4 Å². The van der Waals surface area contributed by atoms with Crippen LogP contribution in [0.4, 0.5) is 5.82 Å². The first kappa shape index (κ1) is 18.4. The third-order valence-corrected chi connectivity index (χ3v) is 4.67. The molecule has 0 saturated carbocycles. The first-order valence-corrected chi connectivity index (χ1v) is 9.71. The smallest absolute Gasteiger partial charge is 0.272 e. The van der Waals surface area contributed by atoms with Crippen molar-refractivity contribution in [1.82, 2.24) is 14.9 Å². The number of carbonyl (C=O) groups is 1. The minimum absolute atomic E-state index is 0.00808. The minimum atomic E-state index is 0.00808. The summed E-state index contributed by atoms with van der Waals surface area (Å²) in [7, 11) is 0. The Morgan fingerprint density at radius 3 is 2.31 bits per heavy atom. The van der Waals surface area contributed by atoms with Crippen LogP contribution in [-0.4, -0.2) is 47.0 Å². The maximum Gasteiger partial charge on any atom is 0.272 e. The van der Waals surface area contributed by atoms with Crippen molar-refractivity contribution in [2.24, 2.45) is 0 Å². The van der Waals surface area contributed by atoms with Gasteiger partial charge in [-0.15, -0.1) is 0 Å². The summed E-state index contributed by atoms with van der Waals surface area (Å²) >= 11 is 0. The van der Waals surface area contributed by atoms with Gasteiger partial charge in [-0.1, -0.05) is 44.2 Å². The zero-order valence-corrected chi connectivity index (χ0v) is 15.8. The first-order valence-electron chi connectivity index (χ1n) is 9.71. The second-order valence-electron chi connectivity index (χ2n) is 6.79. The van der Waals surface area contributed by atoms with Gasteiger partial charge in [0.2, 0.25) is 0 Å². The first-order chi connectivity index (χ1) is 12.7. The average molecular weight is 352 g/mol. The van der Waals surface area contributed by atoms with Crippen molar-refractivity contribution in [3.05, 3.63) is 42.1 Å². The number of nitrogens with zero attached hydrogens (tertiary/aromatic N) is 4. The molecule has 5 nitrogen and oxygen atoms in total. The molecular formula is C21H28N4O. The minimum Gasteiger partial charge on any atom is -0.356 e. The predicted octanol–water partition coefficient (Wildman–Crippen LogP) is 4.01. The molecule has 2 aromatic rings. The Bertz CT molecular complexity index is 720. The highest BCUT2D eigenvalue weighted by atomic mass is 16.2. The Kier molecular flexibility index (Phi) is 6.21. The Hall–Kier alpha value is -2.43. The van der Waals surface area contributed by atoms with Gasteiger partial charge in [0, 0.05) is 37.8 Å². The molecule has 0 aliphatic carbocycles. The van der Waals surface area contributed by atoms with E-state index in [-0.39, 0.29) is 5.91 Å². The molecule has 0 atom stereocenters. The van der Waals surface area contributed by atoms with Crippen LogP contribution in [0.1, 0.15) is 50.0 Å². The van der Waals surface area contributed by atoms with Crippen LogP contribution in [0.3, 0.4) is 0 Å². The van der Waals surface area contributed by atoms with Gasteiger partial charge in [0.25, 0.3) is 5.91 Å². The molecule has 0 bridgehead atoms. The Labute approximate surface area is 156 Å². The SMILES string of the molecule is CCCN(CCC)C(=O)c1cc(N2CCCC2)nc(-c2ccccc2)n1. The van der Waals surface area contributed by atoms with Crippen molar-refractivity contribution >= 4 is 11.7 Å². The number of benzene rings is 1. The van der Waals surface area contributed by atoms with E-state index in [1.165, 1.54) is 12.8 Å². The Balaban J connectivity index is 2.00. The molecule has 138 valence electrons. The van der Waals surface area contributed by atoms with Crippen molar-refractivity contribution in [2.45, 2.75) is 39.5 Å². The van der Waals surface area contributed by atoms with Gasteiger partial charge in [-0.2, -0.15) is 0 Å². The van der Waals surface area contributed by atoms with E-state index >= 15 is 0 Å². The largest absolute Gasteiger partial charge is 0.356 e. The average Bonchev–Trinajstić information content (AvgIpc) is 3.22. The fourth-order valence-electron chi connectivity index (χ4n) is 3.39. The van der Waals surface area contributed by atoms with Gasteiger partial charge in [-0.25, -0.2) is 9.97 Å². The van der Waals surface area contributed by atoms with E-state index in [4.69, 9.17) is 4.98 Å². The van der Waals surface area contributed by atoms with Crippen LogP contribution < -0.4 is 4.90 Å². The summed E-state index contributed by atoms with van der Waals surface area (Å²) in [4.78, 5) is 26.7. The second kappa shape index (κ2) is 8.79. The molecule has 1 fully saturated rings. The summed E-state index contributed by atoms with van der Waals surface area (Å²) in [6, 6.07) is 11.8. The van der Waals surface area contributed by atoms with E-state index < -0.39 is 0 Å². The maximum absolute atomic E-state index is 13.1. The lowest BCUT2D eigenvalue weighted by Gasteiger charge is -2.23. The quantitative estimate of drug-likeness (QED) is 0.755. The molecule has 1 aromatic heterocycles. The van der Waals surface area contributed by atoms with Crippen LogP contribution in [0.15, 0.2) is 36.4 Å². The normalized spacial score (nSPS) is 13.8. The second-order valence-corrected chi connectivity index (χ2v) is 6.79. The lowest BCUT2D eigenvalue weighted by atomic mass is 10.2. The summed E-state index contributed by atoms with van der Waals surface area (Å²) in [5.41, 5.74) is 1.45. The molecule has 1 aliphatic heterocycles. The summed E-state index contributed by atoms with van der Waals surface area (Å²) in [6.07, 6.45) is 4.24. The van der Waals surface area contributed by atoms with Gasteiger partial charge >= 0.3 is 0 Å². The fraction of sp³-hybridized carbons (Fsp3) is 0.476. The third-order valence-electron chi connectivity index (χ3n) is 4.67. The van der Waals surface area contributed by atoms with E-state index in [1.54, 1.807) is 0 Å². The van der Waals surface area contributed by atoms with Gasteiger partial charge in [0.15, 0.2) is 5.82 Å². The molecule has 1 amide bonds. The molecule has 3 rings (SSSR count). The van der Waals surface area contributed by atoms with Gasteiger partial charge in [-0.05, 0) is 25.7 Å². The highest BCUT2D eigenvalue weighted by molar-refractivity contribution is 5.93. The van der Waals surface area contributed by atoms with Crippen LogP contribution in [-0.2, 0) is 0 Å². The summed E-state index contributed by atoms with van der Waals surface area (Å²) < 4.78 is 0. The molecular weight excluding hydrogens is 324 g/mol. The molecule has 0 unspecified atom stereocenters. The molecule has 0 spiro atoms. The monoisotopic (exact) mass is 352 g/mol. The van der Waals surface area contributed by atoms with Crippen LogP contribution in [0.25, 0.3) is 11.4 Å². The number of aromatic nitrogens is 2. The van der Waals surface area contributed by atoms with Crippen LogP contribution >= 0.6 is 0 Å². The highest BCUT2D eigenvalue weighted by Crippen LogP contribution is 2.23. The lowest BCUT2D eigenvalue weighted by molar-refractivity contribution is 0.0749. The Morgan fingerprint density at radius 1 is 1.04 bits per heavy atom. The van der Waals surface area contributed by atoms with E-state index in [9.17, 15) is 4.79 Å². The zero-order chi connectivity index (χ0) is 18.4. The molecule has 2 heterocycles. The van der Waals surface area contributed by atoms with Crippen molar-refractivity contribution in [3.63, 3.8) is 0 Å². The number of hydrogen-bond acceptors (Lipinski definition) is 4. The molecule has 26 heavy (non-hydrogen) atoms. The topological polar surface area (TPSA) is 49.3 Å². The van der Waals surface area contributed by atoms with Crippen LogP contribution in [0, 0.1) is 0 Å². The third kappa shape index (κ3) is 4.21. The number of carbonyl (C=O) groups excluding carboxylic acids is 1. The summed E-state index contributed by atoms with van der Waals surface area (Å²) in [5, 5.41) is 0. The fourth-order valence-corrected chi connectivity index (χ4v) is 3.39. The van der Waals surface area contributed by atoms with Crippen molar-refractivity contribution in [3.8, 4) is 11.4 Å². The van der Waals surface area contributed by atoms with Crippen molar-refractivity contribution in [1.29, 1.82) is 0 Å². The number of amides is 1. The van der Waals surface area contributed by atoms with Crippen LogP contribution in [0.5, 0.6) is 0 Å². The molecule has 0 radical (unpaired) electrons. The predicted molar refractivity (Wildman–Crippen MR) is 105 cm³/mol. The standard InChI is InChI=1S/C21H28N4O/c1-3-12-25(13-4-2)21(26)18-16-19(24-14-8-9-15-24)23-20(22-18)17-10-6-5-7-11-17/h5-7,10-11,16H,3-4,8-9,12-15H2,1-2H3. The van der Waals surface area contributed by atoms with Crippen molar-refractivity contribution in [2.75, 3.05) is 31.1 Å². The van der Waals surface area contributed by atoms with Gasteiger partial charge in [0.05, 0.1) is 0 Å². The Morgan fingerprint density at radius 2 is 1.69 bits per heavy atom. The highest BCUT2D eigenvalue weighted by Gasteiger charge is 2.21. The van der Waals surface area contributed by atoms with E-state index in [1.807, 2.05) is 41.3 Å². The van der Waals surface area contributed by atoms with Crippen molar-refractivity contribution < 1.29 is 4.79 Å². The van der Waals surface area contributed by atoms with Gasteiger partial charge in [0.1, 0.15) is 11.5 Å². The molecule has 1 aliphatic rings. The zero-order valence-electron chi connectivity index (χ0n) is 15.8.